The lowest BCUT2D eigenvalue weighted by atomic mass is 10.3. The highest BCUT2D eigenvalue weighted by Crippen LogP contribution is 2.20. The van der Waals surface area contributed by atoms with Gasteiger partial charge < -0.3 is 10.4 Å². The van der Waals surface area contributed by atoms with Gasteiger partial charge in [-0.05, 0) is 24.3 Å². The summed E-state index contributed by atoms with van der Waals surface area (Å²) in [7, 11) is -3.58. The summed E-state index contributed by atoms with van der Waals surface area (Å²) < 4.78 is 26.7. The van der Waals surface area contributed by atoms with E-state index >= 15 is 0 Å². The van der Waals surface area contributed by atoms with E-state index in [0.717, 1.165) is 0 Å². The number of aliphatic hydroxyl groups is 1. The van der Waals surface area contributed by atoms with Crippen LogP contribution in [0.1, 0.15) is 6.42 Å². The van der Waals surface area contributed by atoms with Gasteiger partial charge in [0.05, 0.1) is 17.6 Å². The molecule has 1 saturated heterocycles. The predicted molar refractivity (Wildman–Crippen MR) is 87.6 cm³/mol. The highest BCUT2D eigenvalue weighted by molar-refractivity contribution is 7.89. The number of nitriles is 1. The van der Waals surface area contributed by atoms with E-state index in [0.29, 0.717) is 38.4 Å². The van der Waals surface area contributed by atoms with Crippen molar-refractivity contribution >= 4 is 21.6 Å². The van der Waals surface area contributed by atoms with Crippen molar-refractivity contribution in [3.05, 3.63) is 24.3 Å². The van der Waals surface area contributed by atoms with E-state index in [4.69, 9.17) is 10.4 Å². The third kappa shape index (κ3) is 4.52. The van der Waals surface area contributed by atoms with Crippen molar-refractivity contribution in [3.63, 3.8) is 0 Å². The molecule has 0 unspecified atom stereocenters. The Balaban J connectivity index is 2.02. The van der Waals surface area contributed by atoms with Crippen LogP contribution >= 0.6 is 0 Å². The molecule has 1 aromatic rings. The van der Waals surface area contributed by atoms with E-state index in [-0.39, 0.29) is 17.9 Å². The number of rotatable bonds is 6. The summed E-state index contributed by atoms with van der Waals surface area (Å²) in [6, 6.07) is 7.64. The van der Waals surface area contributed by atoms with Gasteiger partial charge in [0.1, 0.15) is 6.42 Å². The lowest BCUT2D eigenvalue weighted by Gasteiger charge is -2.33. The number of nitrogens with zero attached hydrogens (tertiary/aromatic N) is 3. The molecular formula is C15H20N4O4S. The van der Waals surface area contributed by atoms with Crippen LogP contribution in [0.15, 0.2) is 29.2 Å². The molecule has 2 rings (SSSR count). The Morgan fingerprint density at radius 2 is 1.83 bits per heavy atom. The Morgan fingerprint density at radius 1 is 1.21 bits per heavy atom. The Hall–Kier alpha value is -1.99. The quantitative estimate of drug-likeness (QED) is 0.735. The molecule has 0 spiro atoms. The first kappa shape index (κ1) is 18.4. The van der Waals surface area contributed by atoms with Crippen LogP contribution in [0.2, 0.25) is 0 Å². The first-order valence-corrected chi connectivity index (χ1v) is 9.01. The van der Waals surface area contributed by atoms with Gasteiger partial charge in [0, 0.05) is 38.4 Å². The summed E-state index contributed by atoms with van der Waals surface area (Å²) in [6.45, 7) is 2.53. The SMILES string of the molecule is N#CCC(=O)Nc1ccc(S(=O)(=O)N2CCN(CCO)CC2)cc1. The van der Waals surface area contributed by atoms with Gasteiger partial charge in [0.15, 0.2) is 0 Å². The van der Waals surface area contributed by atoms with E-state index in [1.165, 1.54) is 28.6 Å². The van der Waals surface area contributed by atoms with Crippen LogP contribution in [-0.4, -0.2) is 68.0 Å². The zero-order valence-corrected chi connectivity index (χ0v) is 14.0. The Labute approximate surface area is 141 Å². The van der Waals surface area contributed by atoms with Crippen molar-refractivity contribution in [1.82, 2.24) is 9.21 Å². The number of carbonyl (C=O) groups excluding carboxylic acids is 1. The monoisotopic (exact) mass is 352 g/mol. The summed E-state index contributed by atoms with van der Waals surface area (Å²) >= 11 is 0. The van der Waals surface area contributed by atoms with Crippen molar-refractivity contribution in [3.8, 4) is 6.07 Å². The first-order valence-electron chi connectivity index (χ1n) is 7.57. The number of anilines is 1. The fraction of sp³-hybridized carbons (Fsp3) is 0.467. The highest BCUT2D eigenvalue weighted by atomic mass is 32.2. The lowest BCUT2D eigenvalue weighted by Crippen LogP contribution is -2.49. The minimum atomic E-state index is -3.58. The third-order valence-corrected chi connectivity index (χ3v) is 5.68. The molecule has 2 N–H and O–H groups in total. The summed E-state index contributed by atoms with van der Waals surface area (Å²) in [5, 5.41) is 19.9. The van der Waals surface area contributed by atoms with Gasteiger partial charge in [-0.25, -0.2) is 8.42 Å². The maximum absolute atomic E-state index is 12.6. The second-order valence-corrected chi connectivity index (χ2v) is 7.31. The summed E-state index contributed by atoms with van der Waals surface area (Å²) in [5.41, 5.74) is 0.446. The Morgan fingerprint density at radius 3 is 2.38 bits per heavy atom. The minimum absolute atomic E-state index is 0.0612. The largest absolute Gasteiger partial charge is 0.395 e. The maximum Gasteiger partial charge on any atom is 0.243 e. The highest BCUT2D eigenvalue weighted by Gasteiger charge is 2.28. The summed E-state index contributed by atoms with van der Waals surface area (Å²) in [5.74, 6) is -0.437. The van der Waals surface area contributed by atoms with Crippen molar-refractivity contribution in [2.24, 2.45) is 0 Å². The van der Waals surface area contributed by atoms with Crippen molar-refractivity contribution in [1.29, 1.82) is 5.26 Å². The first-order chi connectivity index (χ1) is 11.5. The number of β-amino-alcohol motifs (C(OH)–C–C–N with tert-alkyl or cyclic N) is 1. The smallest absolute Gasteiger partial charge is 0.243 e. The number of amides is 1. The lowest BCUT2D eigenvalue weighted by molar-refractivity contribution is -0.115. The molecule has 24 heavy (non-hydrogen) atoms. The van der Waals surface area contributed by atoms with Crippen LogP contribution in [0.3, 0.4) is 0 Å². The summed E-state index contributed by atoms with van der Waals surface area (Å²) in [6.07, 6.45) is -0.252. The fourth-order valence-corrected chi connectivity index (χ4v) is 3.89. The van der Waals surface area contributed by atoms with Gasteiger partial charge in [0.2, 0.25) is 15.9 Å². The number of aliphatic hydroxyl groups excluding tert-OH is 1. The average molecular weight is 352 g/mol. The fourth-order valence-electron chi connectivity index (χ4n) is 2.47. The van der Waals surface area contributed by atoms with Crippen LogP contribution in [0, 0.1) is 11.3 Å². The average Bonchev–Trinajstić information content (AvgIpc) is 2.56. The van der Waals surface area contributed by atoms with Crippen LogP contribution < -0.4 is 5.32 Å². The predicted octanol–water partition coefficient (Wildman–Crippen LogP) is -0.163. The number of benzene rings is 1. The number of nitrogens with one attached hydrogen (secondary N) is 1. The topological polar surface area (TPSA) is 114 Å². The number of piperazine rings is 1. The molecule has 1 heterocycles. The Bertz CT molecular complexity index is 704. The molecule has 0 aromatic heterocycles. The molecule has 130 valence electrons. The van der Waals surface area contributed by atoms with Gasteiger partial charge in [0.25, 0.3) is 0 Å². The number of hydrogen-bond acceptors (Lipinski definition) is 6. The van der Waals surface area contributed by atoms with Crippen molar-refractivity contribution in [2.75, 3.05) is 44.6 Å². The molecule has 0 saturated carbocycles. The van der Waals surface area contributed by atoms with Crippen molar-refractivity contribution in [2.45, 2.75) is 11.3 Å². The molecule has 8 nitrogen and oxygen atoms in total. The second-order valence-electron chi connectivity index (χ2n) is 5.38. The third-order valence-electron chi connectivity index (χ3n) is 3.76. The van der Waals surface area contributed by atoms with Crippen LogP contribution in [0.25, 0.3) is 0 Å². The zero-order valence-electron chi connectivity index (χ0n) is 13.2. The molecule has 0 bridgehead atoms. The van der Waals surface area contributed by atoms with E-state index in [1.807, 2.05) is 4.90 Å². The van der Waals surface area contributed by atoms with Gasteiger partial charge in [-0.3, -0.25) is 9.69 Å². The molecule has 1 amide bonds. The van der Waals surface area contributed by atoms with Crippen LogP contribution in [0.4, 0.5) is 5.69 Å². The number of hydrogen-bond donors (Lipinski definition) is 2. The van der Waals surface area contributed by atoms with E-state index in [2.05, 4.69) is 5.32 Å². The molecule has 0 radical (unpaired) electrons. The van der Waals surface area contributed by atoms with Gasteiger partial charge >= 0.3 is 0 Å². The van der Waals surface area contributed by atoms with E-state index in [1.54, 1.807) is 6.07 Å². The van der Waals surface area contributed by atoms with Gasteiger partial charge in [-0.15, -0.1) is 0 Å². The van der Waals surface area contributed by atoms with Crippen LogP contribution in [0.5, 0.6) is 0 Å². The number of sulfonamides is 1. The molecule has 0 atom stereocenters. The maximum atomic E-state index is 12.6. The molecule has 1 aliphatic rings. The molecule has 1 aromatic carbocycles. The van der Waals surface area contributed by atoms with E-state index in [9.17, 15) is 13.2 Å². The van der Waals surface area contributed by atoms with Gasteiger partial charge in [-0.2, -0.15) is 9.57 Å². The second kappa shape index (κ2) is 8.21. The minimum Gasteiger partial charge on any atom is -0.395 e. The molecular weight excluding hydrogens is 332 g/mol. The standard InChI is InChI=1S/C15H20N4O4S/c16-6-5-15(21)17-13-1-3-14(4-2-13)24(22,23)19-9-7-18(8-10-19)11-12-20/h1-4,20H,5,7-12H2,(H,17,21). The van der Waals surface area contributed by atoms with E-state index < -0.39 is 15.9 Å². The summed E-state index contributed by atoms with van der Waals surface area (Å²) in [4.78, 5) is 13.5. The zero-order chi connectivity index (χ0) is 17.6. The Kier molecular flexibility index (Phi) is 6.28. The molecule has 1 fully saturated rings. The number of carbonyl (C=O) groups is 1. The molecule has 0 aliphatic carbocycles. The molecule has 1 aliphatic heterocycles. The van der Waals surface area contributed by atoms with Gasteiger partial charge in [-0.1, -0.05) is 0 Å². The van der Waals surface area contributed by atoms with Crippen LogP contribution in [-0.2, 0) is 14.8 Å². The van der Waals surface area contributed by atoms with Crippen molar-refractivity contribution < 1.29 is 18.3 Å². The normalized spacial score (nSPS) is 16.5. The molecule has 9 heteroatoms.